The van der Waals surface area contributed by atoms with Gasteiger partial charge in [-0.2, -0.15) is 0 Å². The molecule has 2 amide bonds. The van der Waals surface area contributed by atoms with Crippen LogP contribution in [0.4, 0.5) is 0 Å². The van der Waals surface area contributed by atoms with E-state index in [1.165, 1.54) is 0 Å². The van der Waals surface area contributed by atoms with Gasteiger partial charge in [0.1, 0.15) is 6.04 Å². The van der Waals surface area contributed by atoms with Crippen molar-refractivity contribution < 1.29 is 9.59 Å². The Bertz CT molecular complexity index is 748. The van der Waals surface area contributed by atoms with Crippen LogP contribution in [-0.2, 0) is 9.59 Å². The van der Waals surface area contributed by atoms with Crippen LogP contribution in [0.15, 0.2) is 30.5 Å². The predicted molar refractivity (Wildman–Crippen MR) is 90.1 cm³/mol. The number of nitrogens with one attached hydrogen (secondary N) is 3. The maximum absolute atomic E-state index is 12.4. The average molecular weight is 313 g/mol. The molecule has 1 aromatic carbocycles. The largest absolute Gasteiger partial charge is 0.361 e. The number of aromatic nitrogens is 1. The smallest absolute Gasteiger partial charge is 0.243 e. The zero-order valence-electron chi connectivity index (χ0n) is 13.8. The lowest BCUT2D eigenvalue weighted by Gasteiger charge is -2.25. The molecule has 0 aliphatic carbocycles. The third-order valence-electron chi connectivity index (χ3n) is 4.71. The number of aromatic amines is 1. The Morgan fingerprint density at radius 2 is 2.13 bits per heavy atom. The molecule has 23 heavy (non-hydrogen) atoms. The molecule has 1 fully saturated rings. The van der Waals surface area contributed by atoms with E-state index in [4.69, 9.17) is 0 Å². The quantitative estimate of drug-likeness (QED) is 0.810. The Hall–Kier alpha value is -2.30. The number of para-hydroxylation sites is 1. The Labute approximate surface area is 135 Å². The molecule has 2 aromatic rings. The van der Waals surface area contributed by atoms with E-state index < -0.39 is 6.04 Å². The summed E-state index contributed by atoms with van der Waals surface area (Å²) in [6.07, 6.45) is 2.33. The van der Waals surface area contributed by atoms with E-state index in [2.05, 4.69) is 21.7 Å². The maximum Gasteiger partial charge on any atom is 0.243 e. The van der Waals surface area contributed by atoms with Crippen molar-refractivity contribution in [3.8, 4) is 0 Å². The van der Waals surface area contributed by atoms with E-state index in [1.807, 2.05) is 45.2 Å². The normalized spacial score (nSPS) is 21.2. The van der Waals surface area contributed by atoms with Gasteiger partial charge in [0.25, 0.3) is 0 Å². The number of carbonyl (C=O) groups excluding carboxylic acids is 2. The molecule has 3 N–H and O–H groups in total. The molecule has 5 heteroatoms. The fourth-order valence-electron chi connectivity index (χ4n) is 3.24. The maximum atomic E-state index is 12.4. The zero-order chi connectivity index (χ0) is 16.6. The van der Waals surface area contributed by atoms with Crippen molar-refractivity contribution in [3.63, 3.8) is 0 Å². The van der Waals surface area contributed by atoms with Crippen LogP contribution < -0.4 is 10.6 Å². The second-order valence-corrected chi connectivity index (χ2v) is 7.10. The monoisotopic (exact) mass is 313 g/mol. The lowest BCUT2D eigenvalue weighted by atomic mass is 9.87. The minimum Gasteiger partial charge on any atom is -0.361 e. The van der Waals surface area contributed by atoms with E-state index in [9.17, 15) is 9.59 Å². The summed E-state index contributed by atoms with van der Waals surface area (Å²) < 4.78 is 0. The summed E-state index contributed by atoms with van der Waals surface area (Å²) in [6, 6.07) is 7.61. The van der Waals surface area contributed by atoms with Crippen LogP contribution in [0.2, 0.25) is 0 Å². The highest BCUT2D eigenvalue weighted by molar-refractivity contribution is 5.91. The van der Waals surface area contributed by atoms with E-state index in [0.29, 0.717) is 13.0 Å². The molecule has 0 saturated carbocycles. The second kappa shape index (κ2) is 5.72. The molecule has 2 atom stereocenters. The number of fused-ring (bicyclic) bond motifs is 1. The molecule has 122 valence electrons. The number of rotatable bonds is 4. The minimum absolute atomic E-state index is 0.0822. The van der Waals surface area contributed by atoms with Crippen molar-refractivity contribution in [1.82, 2.24) is 15.6 Å². The van der Waals surface area contributed by atoms with Crippen LogP contribution >= 0.6 is 0 Å². The van der Waals surface area contributed by atoms with Crippen molar-refractivity contribution in [3.05, 3.63) is 36.0 Å². The van der Waals surface area contributed by atoms with Crippen LogP contribution in [-0.4, -0.2) is 29.4 Å². The van der Waals surface area contributed by atoms with Gasteiger partial charge < -0.3 is 15.6 Å². The first-order valence-electron chi connectivity index (χ1n) is 8.01. The highest BCUT2D eigenvalue weighted by atomic mass is 16.2. The number of benzene rings is 1. The lowest BCUT2D eigenvalue weighted by molar-refractivity contribution is -0.128. The number of hydrogen-bond donors (Lipinski definition) is 3. The van der Waals surface area contributed by atoms with Crippen molar-refractivity contribution in [2.45, 2.75) is 39.2 Å². The van der Waals surface area contributed by atoms with Gasteiger partial charge >= 0.3 is 0 Å². The lowest BCUT2D eigenvalue weighted by Crippen LogP contribution is -2.47. The molecular weight excluding hydrogens is 290 g/mol. The van der Waals surface area contributed by atoms with E-state index in [1.54, 1.807) is 0 Å². The topological polar surface area (TPSA) is 74.0 Å². The molecule has 1 saturated heterocycles. The third-order valence-corrected chi connectivity index (χ3v) is 4.71. The molecule has 2 unspecified atom stereocenters. The second-order valence-electron chi connectivity index (χ2n) is 7.10. The molecular formula is C18H23N3O2. The summed E-state index contributed by atoms with van der Waals surface area (Å²) >= 11 is 0. The van der Waals surface area contributed by atoms with Crippen molar-refractivity contribution >= 4 is 22.7 Å². The predicted octanol–water partition coefficient (Wildman–Crippen LogP) is 2.30. The van der Waals surface area contributed by atoms with Crippen LogP contribution in [0.1, 0.15) is 38.7 Å². The Balaban J connectivity index is 1.69. The molecule has 0 bridgehead atoms. The number of hydrogen-bond acceptors (Lipinski definition) is 2. The fourth-order valence-corrected chi connectivity index (χ4v) is 3.24. The van der Waals surface area contributed by atoms with E-state index >= 15 is 0 Å². The first-order chi connectivity index (χ1) is 10.9. The van der Waals surface area contributed by atoms with Crippen molar-refractivity contribution in [2.24, 2.45) is 5.41 Å². The first kappa shape index (κ1) is 15.6. The Morgan fingerprint density at radius 3 is 2.83 bits per heavy atom. The molecule has 0 spiro atoms. The van der Waals surface area contributed by atoms with Gasteiger partial charge in [0.15, 0.2) is 0 Å². The highest BCUT2D eigenvalue weighted by Crippen LogP contribution is 2.28. The SMILES string of the molecule is CC(CC(=O)NC1C(=O)NCC1(C)C)c1c[nH]c2ccccc12. The van der Waals surface area contributed by atoms with Crippen LogP contribution in [0.5, 0.6) is 0 Å². The summed E-state index contributed by atoms with van der Waals surface area (Å²) in [7, 11) is 0. The van der Waals surface area contributed by atoms with Gasteiger partial charge in [-0.15, -0.1) is 0 Å². The van der Waals surface area contributed by atoms with Crippen molar-refractivity contribution in [2.75, 3.05) is 6.54 Å². The first-order valence-corrected chi connectivity index (χ1v) is 8.01. The summed E-state index contributed by atoms with van der Waals surface area (Å²) in [5.74, 6) is -0.0975. The summed E-state index contributed by atoms with van der Waals surface area (Å²) in [5, 5.41) is 6.86. The molecule has 2 heterocycles. The third kappa shape index (κ3) is 2.96. The number of amides is 2. The van der Waals surface area contributed by atoms with Gasteiger partial charge in [-0.1, -0.05) is 39.0 Å². The van der Waals surface area contributed by atoms with Crippen LogP contribution in [0, 0.1) is 5.41 Å². The molecule has 5 nitrogen and oxygen atoms in total. The average Bonchev–Trinajstić information content (AvgIpc) is 3.03. The Morgan fingerprint density at radius 1 is 1.39 bits per heavy atom. The van der Waals surface area contributed by atoms with Gasteiger partial charge in [-0.25, -0.2) is 0 Å². The van der Waals surface area contributed by atoms with Gasteiger partial charge in [-0.05, 0) is 17.5 Å². The van der Waals surface area contributed by atoms with Gasteiger partial charge in [0, 0.05) is 35.5 Å². The molecule has 1 aromatic heterocycles. The van der Waals surface area contributed by atoms with E-state index in [-0.39, 0.29) is 23.1 Å². The summed E-state index contributed by atoms with van der Waals surface area (Å²) in [5.41, 5.74) is 1.95. The molecule has 1 aliphatic rings. The Kier molecular flexibility index (Phi) is 3.88. The fraction of sp³-hybridized carbons (Fsp3) is 0.444. The molecule has 1 aliphatic heterocycles. The summed E-state index contributed by atoms with van der Waals surface area (Å²) in [6.45, 7) is 6.60. The standard InChI is InChI=1S/C18H23N3O2/c1-11(13-9-19-14-7-5-4-6-12(13)14)8-15(22)21-16-17(23)20-10-18(16,2)3/h4-7,9,11,16,19H,8,10H2,1-3H3,(H,20,23)(H,21,22). The highest BCUT2D eigenvalue weighted by Gasteiger charge is 2.42. The minimum atomic E-state index is -0.454. The number of H-pyrrole nitrogens is 1. The van der Waals surface area contributed by atoms with Crippen LogP contribution in [0.3, 0.4) is 0 Å². The summed E-state index contributed by atoms with van der Waals surface area (Å²) in [4.78, 5) is 27.5. The van der Waals surface area contributed by atoms with Gasteiger partial charge in [0.2, 0.25) is 11.8 Å². The van der Waals surface area contributed by atoms with E-state index in [0.717, 1.165) is 16.5 Å². The van der Waals surface area contributed by atoms with Gasteiger partial charge in [-0.3, -0.25) is 9.59 Å². The number of carbonyl (C=O) groups is 2. The molecule has 3 rings (SSSR count). The van der Waals surface area contributed by atoms with Crippen LogP contribution in [0.25, 0.3) is 10.9 Å². The zero-order valence-corrected chi connectivity index (χ0v) is 13.8. The molecule has 0 radical (unpaired) electrons. The van der Waals surface area contributed by atoms with Gasteiger partial charge in [0.05, 0.1) is 0 Å². The van der Waals surface area contributed by atoms with Crippen molar-refractivity contribution in [1.29, 1.82) is 0 Å².